The van der Waals surface area contributed by atoms with E-state index in [0.29, 0.717) is 15.7 Å². The van der Waals surface area contributed by atoms with E-state index in [2.05, 4.69) is 4.98 Å². The molecule has 0 spiro atoms. The van der Waals surface area contributed by atoms with Gasteiger partial charge in [-0.3, -0.25) is 0 Å². The van der Waals surface area contributed by atoms with Crippen molar-refractivity contribution in [3.63, 3.8) is 0 Å². The van der Waals surface area contributed by atoms with E-state index in [1.165, 1.54) is 0 Å². The first-order valence-electron chi connectivity index (χ1n) is 4.73. The van der Waals surface area contributed by atoms with Gasteiger partial charge in [-0.2, -0.15) is 0 Å². The number of aliphatic hydroxyl groups is 1. The molecule has 0 fully saturated rings. The monoisotopic (exact) mass is 253 g/mol. The molecular weight excluding hydrogens is 245 g/mol. The van der Waals surface area contributed by atoms with E-state index in [-0.39, 0.29) is 6.61 Å². The lowest BCUT2D eigenvalue weighted by Crippen LogP contribution is -1.93. The minimum Gasteiger partial charge on any atom is -0.392 e. The lowest BCUT2D eigenvalue weighted by Gasteiger charge is -2.09. The minimum absolute atomic E-state index is 0.159. The van der Waals surface area contributed by atoms with Crippen LogP contribution < -0.4 is 0 Å². The molecule has 2 rings (SSSR count). The van der Waals surface area contributed by atoms with E-state index in [4.69, 9.17) is 23.2 Å². The zero-order valence-electron chi connectivity index (χ0n) is 8.32. The number of benzene rings is 1. The lowest BCUT2D eigenvalue weighted by molar-refractivity contribution is 0.282. The molecule has 1 N–H and O–H groups in total. The third-order valence-corrected chi connectivity index (χ3v) is 2.98. The summed E-state index contributed by atoms with van der Waals surface area (Å²) in [6.07, 6.45) is 1.60. The van der Waals surface area contributed by atoms with Crippen molar-refractivity contribution in [3.8, 4) is 11.1 Å². The highest BCUT2D eigenvalue weighted by molar-refractivity contribution is 6.34. The van der Waals surface area contributed by atoms with Crippen LogP contribution in [0.2, 0.25) is 10.2 Å². The van der Waals surface area contributed by atoms with Gasteiger partial charge < -0.3 is 5.11 Å². The molecule has 0 unspecified atom stereocenters. The van der Waals surface area contributed by atoms with Gasteiger partial charge in [0.1, 0.15) is 5.15 Å². The van der Waals surface area contributed by atoms with Crippen LogP contribution in [0.25, 0.3) is 11.1 Å². The number of hydrogen-bond acceptors (Lipinski definition) is 2. The van der Waals surface area contributed by atoms with Gasteiger partial charge in [-0.05, 0) is 17.7 Å². The van der Waals surface area contributed by atoms with Crippen LogP contribution in [0.15, 0.2) is 36.5 Å². The SMILES string of the molecule is OCc1c(-c2ccccc2Cl)ccnc1Cl. The first-order chi connectivity index (χ1) is 7.74. The fourth-order valence-electron chi connectivity index (χ4n) is 1.55. The molecular formula is C12H9Cl2NO. The molecule has 0 aliphatic heterocycles. The molecule has 0 bridgehead atoms. The molecule has 0 saturated heterocycles. The van der Waals surface area contributed by atoms with Crippen molar-refractivity contribution in [1.29, 1.82) is 0 Å². The van der Waals surface area contributed by atoms with Crippen LogP contribution in [0.4, 0.5) is 0 Å². The normalized spacial score (nSPS) is 10.4. The Morgan fingerprint density at radius 3 is 2.50 bits per heavy atom. The van der Waals surface area contributed by atoms with Crippen molar-refractivity contribution >= 4 is 23.2 Å². The van der Waals surface area contributed by atoms with Crippen molar-refractivity contribution < 1.29 is 5.11 Å². The van der Waals surface area contributed by atoms with Gasteiger partial charge in [0.2, 0.25) is 0 Å². The highest BCUT2D eigenvalue weighted by Crippen LogP contribution is 2.32. The quantitative estimate of drug-likeness (QED) is 0.831. The van der Waals surface area contributed by atoms with Crippen molar-refractivity contribution in [2.24, 2.45) is 0 Å². The Morgan fingerprint density at radius 1 is 1.06 bits per heavy atom. The summed E-state index contributed by atoms with van der Waals surface area (Å²) in [6, 6.07) is 9.21. The number of pyridine rings is 1. The number of aliphatic hydroxyl groups excluding tert-OH is 1. The molecule has 2 nitrogen and oxygen atoms in total. The van der Waals surface area contributed by atoms with Crippen molar-refractivity contribution in [3.05, 3.63) is 52.3 Å². The van der Waals surface area contributed by atoms with Crippen LogP contribution in [-0.4, -0.2) is 10.1 Å². The Labute approximate surface area is 103 Å². The Balaban J connectivity index is 2.65. The van der Waals surface area contributed by atoms with Crippen LogP contribution in [-0.2, 0) is 6.61 Å². The molecule has 1 aromatic carbocycles. The van der Waals surface area contributed by atoms with Gasteiger partial charge in [-0.1, -0.05) is 41.4 Å². The summed E-state index contributed by atoms with van der Waals surface area (Å²) < 4.78 is 0. The number of rotatable bonds is 2. The number of halogens is 2. The summed E-state index contributed by atoms with van der Waals surface area (Å²) in [7, 11) is 0. The molecule has 16 heavy (non-hydrogen) atoms. The summed E-state index contributed by atoms with van der Waals surface area (Å²) in [5.74, 6) is 0. The molecule has 0 saturated carbocycles. The second-order valence-corrected chi connectivity index (χ2v) is 4.03. The largest absolute Gasteiger partial charge is 0.392 e. The number of nitrogens with zero attached hydrogens (tertiary/aromatic N) is 1. The van der Waals surface area contributed by atoms with E-state index in [1.54, 1.807) is 18.3 Å². The second-order valence-electron chi connectivity index (χ2n) is 3.27. The number of aromatic nitrogens is 1. The maximum atomic E-state index is 9.28. The van der Waals surface area contributed by atoms with Crippen molar-refractivity contribution in [1.82, 2.24) is 4.98 Å². The van der Waals surface area contributed by atoms with E-state index < -0.39 is 0 Å². The first kappa shape index (κ1) is 11.4. The van der Waals surface area contributed by atoms with E-state index >= 15 is 0 Å². The molecule has 0 aliphatic rings. The molecule has 0 atom stereocenters. The molecule has 82 valence electrons. The predicted octanol–water partition coefficient (Wildman–Crippen LogP) is 3.55. The fraction of sp³-hybridized carbons (Fsp3) is 0.0833. The van der Waals surface area contributed by atoms with Crippen LogP contribution >= 0.6 is 23.2 Å². The predicted molar refractivity (Wildman–Crippen MR) is 65.6 cm³/mol. The van der Waals surface area contributed by atoms with Crippen LogP contribution in [0.3, 0.4) is 0 Å². The average molecular weight is 254 g/mol. The van der Waals surface area contributed by atoms with Gasteiger partial charge in [0.05, 0.1) is 6.61 Å². The summed E-state index contributed by atoms with van der Waals surface area (Å²) in [5, 5.41) is 10.2. The van der Waals surface area contributed by atoms with Crippen LogP contribution in [0.1, 0.15) is 5.56 Å². The average Bonchev–Trinajstić information content (AvgIpc) is 2.29. The molecule has 1 aromatic heterocycles. The Hall–Kier alpha value is -1.09. The van der Waals surface area contributed by atoms with Gasteiger partial charge in [0, 0.05) is 22.3 Å². The summed E-state index contributed by atoms with van der Waals surface area (Å²) in [4.78, 5) is 3.93. The van der Waals surface area contributed by atoms with Gasteiger partial charge in [-0.15, -0.1) is 0 Å². The summed E-state index contributed by atoms with van der Waals surface area (Å²) >= 11 is 12.0. The standard InChI is InChI=1S/C12H9Cl2NO/c13-11-4-2-1-3-9(11)8-5-6-15-12(14)10(8)7-16/h1-6,16H,7H2. The zero-order chi connectivity index (χ0) is 11.5. The zero-order valence-corrected chi connectivity index (χ0v) is 9.83. The van der Waals surface area contributed by atoms with E-state index in [1.807, 2.05) is 18.2 Å². The summed E-state index contributed by atoms with van der Waals surface area (Å²) in [5.41, 5.74) is 2.25. The maximum absolute atomic E-state index is 9.28. The number of hydrogen-bond donors (Lipinski definition) is 1. The Morgan fingerprint density at radius 2 is 1.81 bits per heavy atom. The third kappa shape index (κ3) is 2.05. The van der Waals surface area contributed by atoms with Crippen LogP contribution in [0.5, 0.6) is 0 Å². The highest BCUT2D eigenvalue weighted by atomic mass is 35.5. The van der Waals surface area contributed by atoms with E-state index in [0.717, 1.165) is 11.1 Å². The topological polar surface area (TPSA) is 33.1 Å². The minimum atomic E-state index is -0.159. The smallest absolute Gasteiger partial charge is 0.135 e. The molecule has 0 aliphatic carbocycles. The molecule has 1 heterocycles. The Kier molecular flexibility index (Phi) is 3.44. The molecule has 2 aromatic rings. The van der Waals surface area contributed by atoms with E-state index in [9.17, 15) is 5.11 Å². The van der Waals surface area contributed by atoms with Gasteiger partial charge in [-0.25, -0.2) is 4.98 Å². The lowest BCUT2D eigenvalue weighted by atomic mass is 10.0. The second kappa shape index (κ2) is 4.83. The first-order valence-corrected chi connectivity index (χ1v) is 5.48. The third-order valence-electron chi connectivity index (χ3n) is 2.33. The highest BCUT2D eigenvalue weighted by Gasteiger charge is 2.11. The maximum Gasteiger partial charge on any atom is 0.135 e. The van der Waals surface area contributed by atoms with Gasteiger partial charge in [0.25, 0.3) is 0 Å². The van der Waals surface area contributed by atoms with Crippen molar-refractivity contribution in [2.45, 2.75) is 6.61 Å². The molecule has 0 radical (unpaired) electrons. The molecule has 4 heteroatoms. The molecule has 0 amide bonds. The summed E-state index contributed by atoms with van der Waals surface area (Å²) in [6.45, 7) is -0.159. The fourth-order valence-corrected chi connectivity index (χ4v) is 2.00. The van der Waals surface area contributed by atoms with Crippen LogP contribution in [0, 0.1) is 0 Å². The van der Waals surface area contributed by atoms with Crippen molar-refractivity contribution in [2.75, 3.05) is 0 Å². The van der Waals surface area contributed by atoms with Gasteiger partial charge >= 0.3 is 0 Å². The Bertz CT molecular complexity index is 514. The van der Waals surface area contributed by atoms with Gasteiger partial charge in [0.15, 0.2) is 0 Å².